The van der Waals surface area contributed by atoms with Crippen LogP contribution in [-0.4, -0.2) is 16.1 Å². The fourth-order valence-electron chi connectivity index (χ4n) is 2.91. The summed E-state index contributed by atoms with van der Waals surface area (Å²) in [5.41, 5.74) is -3.04. The van der Waals surface area contributed by atoms with Crippen molar-refractivity contribution in [1.29, 1.82) is 0 Å². The minimum atomic E-state index is -4.52. The lowest BCUT2D eigenvalue weighted by atomic mass is 9.64. The summed E-state index contributed by atoms with van der Waals surface area (Å²) >= 11 is 0. The molecule has 0 atom stereocenters. The number of hydrogen-bond acceptors (Lipinski definition) is 3. The Morgan fingerprint density at radius 1 is 1.38 bits per heavy atom. The second kappa shape index (κ2) is 4.09. The Balaban J connectivity index is 2.34. The van der Waals surface area contributed by atoms with Crippen LogP contribution in [0, 0.1) is 15.3 Å². The van der Waals surface area contributed by atoms with Crippen LogP contribution < -0.4 is 4.73 Å². The molecule has 6 nitrogen and oxygen atoms in total. The van der Waals surface area contributed by atoms with E-state index in [4.69, 9.17) is 0 Å². The van der Waals surface area contributed by atoms with Crippen molar-refractivity contribution in [2.75, 3.05) is 0 Å². The summed E-state index contributed by atoms with van der Waals surface area (Å²) < 4.78 is 40.5. The van der Waals surface area contributed by atoms with E-state index < -0.39 is 22.2 Å². The van der Waals surface area contributed by atoms with Gasteiger partial charge in [-0.15, -0.1) is 0 Å². The third-order valence-electron chi connectivity index (χ3n) is 4.17. The number of nitrogens with one attached hydrogen (secondary N) is 1. The summed E-state index contributed by atoms with van der Waals surface area (Å²) in [5, 5.41) is 22.4. The molecule has 2 heterocycles. The molecule has 0 spiro atoms. The van der Waals surface area contributed by atoms with Crippen molar-refractivity contribution >= 4 is 16.7 Å². The van der Waals surface area contributed by atoms with Crippen LogP contribution >= 0.6 is 0 Å². The lowest BCUT2D eigenvalue weighted by molar-refractivity contribution is -0.579. The molecule has 1 saturated carbocycles. The Bertz CT molecular complexity index is 734. The van der Waals surface area contributed by atoms with Crippen LogP contribution in [-0.2, 0) is 5.41 Å². The van der Waals surface area contributed by atoms with E-state index in [0.29, 0.717) is 11.2 Å². The molecular weight excluding hydrogens is 291 g/mol. The number of pyridine rings is 1. The average Bonchev–Trinajstić information content (AvgIpc) is 2.71. The summed E-state index contributed by atoms with van der Waals surface area (Å²) in [4.78, 5) is 12.7. The van der Waals surface area contributed by atoms with Gasteiger partial charge in [0.05, 0.1) is 22.6 Å². The summed E-state index contributed by atoms with van der Waals surface area (Å²) in [5.74, 6) is 0. The van der Waals surface area contributed by atoms with Crippen molar-refractivity contribution in [1.82, 2.24) is 4.98 Å². The van der Waals surface area contributed by atoms with Crippen molar-refractivity contribution in [2.24, 2.45) is 0 Å². The van der Waals surface area contributed by atoms with Crippen LogP contribution in [0.1, 0.15) is 24.8 Å². The Hall–Kier alpha value is -2.32. The van der Waals surface area contributed by atoms with Gasteiger partial charge in [-0.05, 0) is 12.8 Å². The molecular formula is C12H10F3N3O3. The fraction of sp³-hybridized carbons (Fsp3) is 0.417. The monoisotopic (exact) mass is 301 g/mol. The smallest absolute Gasteiger partial charge is 0.398 e. The third-order valence-corrected chi connectivity index (χ3v) is 4.17. The van der Waals surface area contributed by atoms with Gasteiger partial charge < -0.3 is 5.21 Å². The summed E-state index contributed by atoms with van der Waals surface area (Å²) in [6.07, 6.45) is -2.41. The molecule has 21 heavy (non-hydrogen) atoms. The topological polar surface area (TPSA) is 85.9 Å². The van der Waals surface area contributed by atoms with Crippen molar-refractivity contribution in [2.45, 2.75) is 30.9 Å². The minimum Gasteiger partial charge on any atom is -0.711 e. The largest absolute Gasteiger partial charge is 0.711 e. The second-order valence-corrected chi connectivity index (χ2v) is 5.14. The molecule has 0 radical (unpaired) electrons. The molecule has 3 rings (SSSR count). The highest BCUT2D eigenvalue weighted by Gasteiger charge is 2.61. The van der Waals surface area contributed by atoms with Crippen molar-refractivity contribution in [3.8, 4) is 0 Å². The van der Waals surface area contributed by atoms with Gasteiger partial charge in [-0.1, -0.05) is 6.42 Å². The first-order valence-electron chi connectivity index (χ1n) is 6.23. The van der Waals surface area contributed by atoms with E-state index >= 15 is 0 Å². The lowest BCUT2D eigenvalue weighted by Gasteiger charge is -2.42. The van der Waals surface area contributed by atoms with Gasteiger partial charge >= 0.3 is 6.18 Å². The van der Waals surface area contributed by atoms with Crippen LogP contribution in [0.4, 0.5) is 18.9 Å². The summed E-state index contributed by atoms with van der Waals surface area (Å²) in [6.45, 7) is 0. The molecule has 0 aromatic carbocycles. The zero-order chi connectivity index (χ0) is 15.4. The van der Waals surface area contributed by atoms with Gasteiger partial charge in [0, 0.05) is 5.56 Å². The van der Waals surface area contributed by atoms with Crippen LogP contribution in [0.2, 0.25) is 0 Å². The molecule has 1 aliphatic carbocycles. The van der Waals surface area contributed by atoms with E-state index in [9.17, 15) is 28.5 Å². The minimum absolute atomic E-state index is 0.131. The van der Waals surface area contributed by atoms with Crippen molar-refractivity contribution < 1.29 is 22.8 Å². The van der Waals surface area contributed by atoms with Gasteiger partial charge in [-0.3, -0.25) is 10.1 Å². The third kappa shape index (κ3) is 1.69. The van der Waals surface area contributed by atoms with Gasteiger partial charge in [0.15, 0.2) is 0 Å². The van der Waals surface area contributed by atoms with Gasteiger partial charge in [0.25, 0.3) is 11.3 Å². The molecule has 0 bridgehead atoms. The maximum Gasteiger partial charge on any atom is 0.398 e. The van der Waals surface area contributed by atoms with Gasteiger partial charge in [0.2, 0.25) is 0 Å². The first-order chi connectivity index (χ1) is 9.78. The normalized spacial score (nSPS) is 17.7. The SMILES string of the molecule is O=[N+]([O-])c1cc[n+]([O-])c2[nH]cc(C3(C(F)(F)F)CCC3)c12. The molecule has 0 aliphatic heterocycles. The number of fused-ring (bicyclic) bond motifs is 1. The highest BCUT2D eigenvalue weighted by atomic mass is 19.4. The Morgan fingerprint density at radius 2 is 2.05 bits per heavy atom. The lowest BCUT2D eigenvalue weighted by Crippen LogP contribution is -2.48. The molecule has 1 aliphatic rings. The van der Waals surface area contributed by atoms with Gasteiger partial charge in [0.1, 0.15) is 11.6 Å². The second-order valence-electron chi connectivity index (χ2n) is 5.14. The first-order valence-corrected chi connectivity index (χ1v) is 6.23. The molecule has 1 fully saturated rings. The molecule has 2 aromatic heterocycles. The maximum atomic E-state index is 13.4. The number of nitrogens with zero attached hydrogens (tertiary/aromatic N) is 2. The van der Waals surface area contributed by atoms with E-state index in [1.165, 1.54) is 0 Å². The number of halogens is 3. The number of rotatable bonds is 2. The Labute approximate surface area is 115 Å². The van der Waals surface area contributed by atoms with Gasteiger partial charge in [-0.2, -0.15) is 13.2 Å². The zero-order valence-corrected chi connectivity index (χ0v) is 10.6. The average molecular weight is 301 g/mol. The van der Waals surface area contributed by atoms with Crippen LogP contribution in [0.5, 0.6) is 0 Å². The van der Waals surface area contributed by atoms with E-state index in [2.05, 4.69) is 4.98 Å². The van der Waals surface area contributed by atoms with Crippen LogP contribution in [0.15, 0.2) is 18.5 Å². The summed E-state index contributed by atoms with van der Waals surface area (Å²) in [6, 6.07) is 0.926. The number of aromatic amines is 1. The zero-order valence-electron chi connectivity index (χ0n) is 10.6. The highest BCUT2D eigenvalue weighted by Crippen LogP contribution is 2.56. The molecule has 1 N–H and O–H groups in total. The van der Waals surface area contributed by atoms with Crippen molar-refractivity contribution in [3.05, 3.63) is 39.3 Å². The Kier molecular flexibility index (Phi) is 2.66. The standard InChI is InChI=1S/C12H10F3N3O3/c13-12(14,15)11(3-1-4-11)7-6-16-10-9(7)8(18(20)21)2-5-17(10)19/h2,5-6,16H,1,3-4H2. The quantitative estimate of drug-likeness (QED) is 0.400. The van der Waals surface area contributed by atoms with Crippen LogP contribution in [0.25, 0.3) is 11.0 Å². The molecule has 0 amide bonds. The van der Waals surface area contributed by atoms with Gasteiger partial charge in [-0.25, -0.2) is 9.71 Å². The fourth-order valence-corrected chi connectivity index (χ4v) is 2.91. The number of nitro groups is 1. The predicted molar refractivity (Wildman–Crippen MR) is 65.5 cm³/mol. The molecule has 0 saturated heterocycles. The molecule has 2 aromatic rings. The maximum absolute atomic E-state index is 13.4. The first kappa shape index (κ1) is 13.7. The Morgan fingerprint density at radius 3 is 2.52 bits per heavy atom. The molecule has 112 valence electrons. The van der Waals surface area contributed by atoms with Crippen molar-refractivity contribution in [3.63, 3.8) is 0 Å². The summed E-state index contributed by atoms with van der Waals surface area (Å²) in [7, 11) is 0. The number of hydrogen-bond donors (Lipinski definition) is 1. The molecule has 9 heteroatoms. The van der Waals surface area contributed by atoms with E-state index in [1.807, 2.05) is 0 Å². The van der Waals surface area contributed by atoms with E-state index in [1.54, 1.807) is 0 Å². The number of alkyl halides is 3. The molecule has 0 unspecified atom stereocenters. The van der Waals surface area contributed by atoms with Crippen LogP contribution in [0.3, 0.4) is 0 Å². The number of H-pyrrole nitrogens is 1. The number of aromatic nitrogens is 2. The van der Waals surface area contributed by atoms with E-state index in [0.717, 1.165) is 18.5 Å². The highest BCUT2D eigenvalue weighted by molar-refractivity contribution is 5.88. The van der Waals surface area contributed by atoms with E-state index in [-0.39, 0.29) is 29.4 Å². The predicted octanol–water partition coefficient (Wildman–Crippen LogP) is 2.69.